The van der Waals surface area contributed by atoms with Gasteiger partial charge in [0.1, 0.15) is 11.6 Å². The van der Waals surface area contributed by atoms with E-state index in [2.05, 4.69) is 32.6 Å². The maximum Gasteiger partial charge on any atom is 0.137 e. The van der Waals surface area contributed by atoms with Crippen LogP contribution in [0.2, 0.25) is 0 Å². The molecule has 0 aromatic rings. The third kappa shape index (κ3) is 10.4. The summed E-state index contributed by atoms with van der Waals surface area (Å²) in [6.07, 6.45) is 4.27. The van der Waals surface area contributed by atoms with Crippen LogP contribution in [0.1, 0.15) is 59.8 Å². The molecule has 2 fully saturated rings. The number of piperidine rings is 1. The van der Waals surface area contributed by atoms with Crippen molar-refractivity contribution in [3.05, 3.63) is 0 Å². The molecule has 1 saturated heterocycles. The van der Waals surface area contributed by atoms with Crippen molar-refractivity contribution in [2.75, 3.05) is 19.6 Å². The van der Waals surface area contributed by atoms with Gasteiger partial charge < -0.3 is 4.90 Å². The lowest BCUT2D eigenvalue weighted by Gasteiger charge is -2.25. The molecule has 0 amide bonds. The maximum absolute atomic E-state index is 11.4. The van der Waals surface area contributed by atoms with Gasteiger partial charge in [-0.3, -0.25) is 9.59 Å². The zero-order valence-electron chi connectivity index (χ0n) is 13.5. The van der Waals surface area contributed by atoms with Crippen LogP contribution >= 0.6 is 13.5 Å². The van der Waals surface area contributed by atoms with Crippen LogP contribution in [0.15, 0.2) is 0 Å². The number of Topliss-reactive ketones (excluding diaryl/α,β-unsaturated/α-hetero) is 2. The lowest BCUT2D eigenvalue weighted by Crippen LogP contribution is -2.35. The van der Waals surface area contributed by atoms with Gasteiger partial charge in [0.05, 0.1) is 0 Å². The zero-order valence-corrected chi connectivity index (χ0v) is 14.5. The molecule has 118 valence electrons. The van der Waals surface area contributed by atoms with E-state index in [1.807, 2.05) is 0 Å². The summed E-state index contributed by atoms with van der Waals surface area (Å²) in [5.74, 6) is 1.19. The first kappa shape index (κ1) is 19.7. The summed E-state index contributed by atoms with van der Waals surface area (Å²) in [6, 6.07) is 0. The average molecular weight is 301 g/mol. The van der Waals surface area contributed by atoms with Crippen LogP contribution in [0.5, 0.6) is 0 Å². The molecule has 3 nitrogen and oxygen atoms in total. The van der Waals surface area contributed by atoms with Crippen molar-refractivity contribution in [2.24, 2.45) is 11.3 Å². The highest BCUT2D eigenvalue weighted by atomic mass is 32.1. The minimum absolute atomic E-state index is 0. The number of likely N-dealkylation sites (tertiary alicyclic amines) is 1. The Morgan fingerprint density at radius 1 is 1.15 bits per heavy atom. The largest absolute Gasteiger partial charge is 0.302 e. The molecule has 0 aromatic heterocycles. The normalized spacial score (nSPS) is 19.7. The fraction of sp³-hybridized carbons (Fsp3) is 0.875. The zero-order chi connectivity index (χ0) is 14.5. The Morgan fingerprint density at radius 3 is 2.00 bits per heavy atom. The molecule has 0 bridgehead atoms. The lowest BCUT2D eigenvalue weighted by atomic mass is 10.0. The molecule has 20 heavy (non-hydrogen) atoms. The third-order valence-electron chi connectivity index (χ3n) is 3.12. The summed E-state index contributed by atoms with van der Waals surface area (Å²) >= 11 is 0. The molecule has 2 rings (SSSR count). The number of carbonyl (C=O) groups excluding carboxylic acids is 2. The molecular weight excluding hydrogens is 270 g/mol. The van der Waals surface area contributed by atoms with Gasteiger partial charge in [-0.15, -0.1) is 0 Å². The molecule has 4 heteroatoms. The molecule has 0 spiro atoms. The summed E-state index contributed by atoms with van der Waals surface area (Å²) in [5.41, 5.74) is 0.500. The van der Waals surface area contributed by atoms with Crippen molar-refractivity contribution in [1.82, 2.24) is 4.90 Å². The number of carbonyl (C=O) groups is 2. The van der Waals surface area contributed by atoms with E-state index in [0.717, 1.165) is 32.5 Å². The standard InChI is InChI=1S/C11H17NO2.C5H12.H2S/c13-10-3-6-12(7-4-10)8-5-11(14)9-1-2-9;1-5(2,3)4;/h9H,1-8H2;1-4H3;1H2. The minimum Gasteiger partial charge on any atom is -0.302 e. The fourth-order valence-corrected chi connectivity index (χ4v) is 1.90. The molecule has 2 aliphatic rings. The van der Waals surface area contributed by atoms with Gasteiger partial charge in [0, 0.05) is 44.8 Å². The van der Waals surface area contributed by atoms with Gasteiger partial charge in [0.15, 0.2) is 0 Å². The Hall–Kier alpha value is -0.350. The molecule has 1 saturated carbocycles. The van der Waals surface area contributed by atoms with Crippen LogP contribution in [0.4, 0.5) is 0 Å². The summed E-state index contributed by atoms with van der Waals surface area (Å²) in [5, 5.41) is 0. The Morgan fingerprint density at radius 2 is 1.60 bits per heavy atom. The minimum atomic E-state index is 0. The number of nitrogens with zero attached hydrogens (tertiary/aromatic N) is 1. The third-order valence-corrected chi connectivity index (χ3v) is 3.12. The van der Waals surface area contributed by atoms with Crippen molar-refractivity contribution in [2.45, 2.75) is 59.8 Å². The van der Waals surface area contributed by atoms with Crippen molar-refractivity contribution >= 4 is 25.1 Å². The van der Waals surface area contributed by atoms with Gasteiger partial charge in [-0.2, -0.15) is 13.5 Å². The summed E-state index contributed by atoms with van der Waals surface area (Å²) in [4.78, 5) is 24.6. The van der Waals surface area contributed by atoms with E-state index in [4.69, 9.17) is 0 Å². The van der Waals surface area contributed by atoms with E-state index in [-0.39, 0.29) is 13.5 Å². The van der Waals surface area contributed by atoms with Gasteiger partial charge >= 0.3 is 0 Å². The first-order valence-electron chi connectivity index (χ1n) is 7.52. The molecular formula is C16H31NO2S. The maximum atomic E-state index is 11.4. The Labute approximate surface area is 130 Å². The van der Waals surface area contributed by atoms with E-state index in [1.54, 1.807) is 0 Å². The van der Waals surface area contributed by atoms with E-state index in [0.29, 0.717) is 42.2 Å². The van der Waals surface area contributed by atoms with Gasteiger partial charge in [-0.1, -0.05) is 27.7 Å². The first-order chi connectivity index (χ1) is 8.75. The number of hydrogen-bond acceptors (Lipinski definition) is 3. The van der Waals surface area contributed by atoms with Gasteiger partial charge in [0.25, 0.3) is 0 Å². The second-order valence-corrected chi connectivity index (χ2v) is 7.37. The molecule has 0 N–H and O–H groups in total. The second kappa shape index (κ2) is 8.83. The SMILES string of the molecule is CC(C)(C)C.O=C1CCN(CCC(=O)C2CC2)CC1.S. The van der Waals surface area contributed by atoms with Crippen LogP contribution in [0.25, 0.3) is 0 Å². The van der Waals surface area contributed by atoms with Gasteiger partial charge in [-0.05, 0) is 18.3 Å². The average Bonchev–Trinajstić information content (AvgIpc) is 3.09. The quantitative estimate of drug-likeness (QED) is 0.800. The predicted molar refractivity (Wildman–Crippen MR) is 88.5 cm³/mol. The van der Waals surface area contributed by atoms with Crippen LogP contribution in [-0.4, -0.2) is 36.1 Å². The topological polar surface area (TPSA) is 37.4 Å². The van der Waals surface area contributed by atoms with Crippen LogP contribution in [0.3, 0.4) is 0 Å². The second-order valence-electron chi connectivity index (χ2n) is 7.37. The lowest BCUT2D eigenvalue weighted by molar-refractivity contribution is -0.121. The number of hydrogen-bond donors (Lipinski definition) is 0. The van der Waals surface area contributed by atoms with Crippen LogP contribution < -0.4 is 0 Å². The summed E-state index contributed by atoms with van der Waals surface area (Å²) in [6.45, 7) is 11.3. The monoisotopic (exact) mass is 301 g/mol. The molecule has 1 aliphatic carbocycles. The predicted octanol–water partition coefficient (Wildman–Crippen LogP) is 3.19. The van der Waals surface area contributed by atoms with Gasteiger partial charge in [-0.25, -0.2) is 0 Å². The Bertz CT molecular complexity index is 303. The summed E-state index contributed by atoms with van der Waals surface area (Å²) < 4.78 is 0. The Kier molecular flexibility index (Phi) is 8.68. The molecule has 1 aliphatic heterocycles. The molecule has 0 atom stereocenters. The smallest absolute Gasteiger partial charge is 0.137 e. The highest BCUT2D eigenvalue weighted by Gasteiger charge is 2.29. The van der Waals surface area contributed by atoms with Crippen molar-refractivity contribution < 1.29 is 9.59 Å². The van der Waals surface area contributed by atoms with E-state index < -0.39 is 0 Å². The van der Waals surface area contributed by atoms with Crippen LogP contribution in [0, 0.1) is 11.3 Å². The van der Waals surface area contributed by atoms with Crippen molar-refractivity contribution in [3.8, 4) is 0 Å². The first-order valence-corrected chi connectivity index (χ1v) is 7.52. The Balaban J connectivity index is 0.000000526. The van der Waals surface area contributed by atoms with E-state index >= 15 is 0 Å². The number of rotatable bonds is 4. The molecule has 0 radical (unpaired) electrons. The number of ketones is 2. The summed E-state index contributed by atoms with van der Waals surface area (Å²) in [7, 11) is 0. The highest BCUT2D eigenvalue weighted by Crippen LogP contribution is 2.30. The van der Waals surface area contributed by atoms with Crippen LogP contribution in [-0.2, 0) is 9.59 Å². The van der Waals surface area contributed by atoms with E-state index in [9.17, 15) is 9.59 Å². The van der Waals surface area contributed by atoms with Gasteiger partial charge in [0.2, 0.25) is 0 Å². The molecule has 0 unspecified atom stereocenters. The highest BCUT2D eigenvalue weighted by molar-refractivity contribution is 7.59. The van der Waals surface area contributed by atoms with Crippen molar-refractivity contribution in [3.63, 3.8) is 0 Å². The van der Waals surface area contributed by atoms with E-state index in [1.165, 1.54) is 0 Å². The van der Waals surface area contributed by atoms with Crippen molar-refractivity contribution in [1.29, 1.82) is 0 Å². The molecule has 0 aromatic carbocycles. The molecule has 1 heterocycles. The fourth-order valence-electron chi connectivity index (χ4n) is 1.90.